The van der Waals surface area contributed by atoms with E-state index in [1.807, 2.05) is 0 Å². The molecule has 1 fully saturated rings. The van der Waals surface area contributed by atoms with E-state index in [2.05, 4.69) is 4.74 Å². The summed E-state index contributed by atoms with van der Waals surface area (Å²) in [6.45, 7) is 0. The maximum Gasteiger partial charge on any atom is 0.0542 e. The number of aliphatic hydroxyl groups excluding tert-OH is 2. The van der Waals surface area contributed by atoms with E-state index in [9.17, 15) is 0 Å². The molecule has 0 bridgehead atoms. The summed E-state index contributed by atoms with van der Waals surface area (Å²) in [5.41, 5.74) is 0. The zero-order valence-corrected chi connectivity index (χ0v) is 7.29. The Labute approximate surface area is 68.0 Å². The standard InChI is InChI=1S/C6H12O2.C2H6O/c7-5-1-2-6(8)4-3-5;1-3-2/h5-8H,1-4H2;1-2H3. The number of methoxy groups -OCH3 is 1. The summed E-state index contributed by atoms with van der Waals surface area (Å²) in [4.78, 5) is 0. The van der Waals surface area contributed by atoms with Gasteiger partial charge in [-0.25, -0.2) is 0 Å². The van der Waals surface area contributed by atoms with Crippen molar-refractivity contribution in [3.05, 3.63) is 0 Å². The summed E-state index contributed by atoms with van der Waals surface area (Å²) in [5.74, 6) is 0. The van der Waals surface area contributed by atoms with Crippen LogP contribution in [0.5, 0.6) is 0 Å². The van der Waals surface area contributed by atoms with Gasteiger partial charge in [0.15, 0.2) is 0 Å². The molecule has 1 rings (SSSR count). The second kappa shape index (κ2) is 6.58. The van der Waals surface area contributed by atoms with Gasteiger partial charge in [0.2, 0.25) is 0 Å². The minimum absolute atomic E-state index is 0.140. The molecular formula is C8H18O3. The van der Waals surface area contributed by atoms with Crippen LogP contribution in [0.3, 0.4) is 0 Å². The highest BCUT2D eigenvalue weighted by Gasteiger charge is 2.15. The van der Waals surface area contributed by atoms with Crippen LogP contribution in [0.4, 0.5) is 0 Å². The maximum absolute atomic E-state index is 8.92. The highest BCUT2D eigenvalue weighted by atomic mass is 16.4. The molecule has 3 nitrogen and oxygen atoms in total. The van der Waals surface area contributed by atoms with Crippen LogP contribution in [0.2, 0.25) is 0 Å². The second-order valence-electron chi connectivity index (χ2n) is 2.87. The minimum Gasteiger partial charge on any atom is -0.393 e. The van der Waals surface area contributed by atoms with Crippen LogP contribution >= 0.6 is 0 Å². The van der Waals surface area contributed by atoms with Crippen molar-refractivity contribution in [1.29, 1.82) is 0 Å². The number of aliphatic hydroxyl groups is 2. The summed E-state index contributed by atoms with van der Waals surface area (Å²) in [6.07, 6.45) is 2.83. The third-order valence-corrected chi connectivity index (χ3v) is 1.67. The summed E-state index contributed by atoms with van der Waals surface area (Å²) in [5, 5.41) is 17.8. The van der Waals surface area contributed by atoms with Crippen molar-refractivity contribution >= 4 is 0 Å². The van der Waals surface area contributed by atoms with Crippen LogP contribution in [0.15, 0.2) is 0 Å². The Bertz CT molecular complexity index is 67.4. The van der Waals surface area contributed by atoms with E-state index >= 15 is 0 Å². The molecule has 0 amide bonds. The summed E-state index contributed by atoms with van der Waals surface area (Å²) < 4.78 is 4.25. The molecule has 0 aromatic carbocycles. The zero-order chi connectivity index (χ0) is 8.69. The van der Waals surface area contributed by atoms with Crippen LogP contribution in [-0.2, 0) is 4.74 Å². The van der Waals surface area contributed by atoms with E-state index in [0.29, 0.717) is 0 Å². The average molecular weight is 162 g/mol. The fourth-order valence-electron chi connectivity index (χ4n) is 1.06. The van der Waals surface area contributed by atoms with Gasteiger partial charge in [-0.15, -0.1) is 0 Å². The van der Waals surface area contributed by atoms with Gasteiger partial charge in [0, 0.05) is 14.2 Å². The van der Waals surface area contributed by atoms with E-state index in [-0.39, 0.29) is 12.2 Å². The van der Waals surface area contributed by atoms with Crippen LogP contribution in [-0.4, -0.2) is 36.6 Å². The van der Waals surface area contributed by atoms with Gasteiger partial charge in [0.05, 0.1) is 12.2 Å². The van der Waals surface area contributed by atoms with Crippen LogP contribution in [0.25, 0.3) is 0 Å². The molecule has 1 saturated carbocycles. The third-order valence-electron chi connectivity index (χ3n) is 1.67. The fourth-order valence-corrected chi connectivity index (χ4v) is 1.06. The average Bonchev–Trinajstić information content (AvgIpc) is 1.97. The molecule has 11 heavy (non-hydrogen) atoms. The Kier molecular flexibility index (Phi) is 6.51. The first-order chi connectivity index (χ1) is 5.20. The Morgan fingerprint density at radius 2 is 1.09 bits per heavy atom. The van der Waals surface area contributed by atoms with Gasteiger partial charge < -0.3 is 14.9 Å². The quantitative estimate of drug-likeness (QED) is 0.546. The van der Waals surface area contributed by atoms with Crippen molar-refractivity contribution < 1.29 is 14.9 Å². The molecular weight excluding hydrogens is 144 g/mol. The van der Waals surface area contributed by atoms with Crippen LogP contribution in [0.1, 0.15) is 25.7 Å². The van der Waals surface area contributed by atoms with E-state index in [1.165, 1.54) is 0 Å². The largest absolute Gasteiger partial charge is 0.393 e. The van der Waals surface area contributed by atoms with Crippen molar-refractivity contribution in [2.24, 2.45) is 0 Å². The van der Waals surface area contributed by atoms with Gasteiger partial charge in [-0.05, 0) is 25.7 Å². The topological polar surface area (TPSA) is 49.7 Å². The Hall–Kier alpha value is -0.120. The van der Waals surface area contributed by atoms with Crippen LogP contribution < -0.4 is 0 Å². The molecule has 1 aliphatic carbocycles. The number of hydrogen-bond acceptors (Lipinski definition) is 3. The van der Waals surface area contributed by atoms with Gasteiger partial charge in [0.25, 0.3) is 0 Å². The van der Waals surface area contributed by atoms with E-state index in [0.717, 1.165) is 25.7 Å². The Morgan fingerprint density at radius 3 is 1.27 bits per heavy atom. The van der Waals surface area contributed by atoms with Crippen molar-refractivity contribution in [1.82, 2.24) is 0 Å². The van der Waals surface area contributed by atoms with Crippen molar-refractivity contribution in [3.63, 3.8) is 0 Å². The number of ether oxygens (including phenoxy) is 1. The molecule has 0 heterocycles. The van der Waals surface area contributed by atoms with Gasteiger partial charge in [0.1, 0.15) is 0 Å². The third kappa shape index (κ3) is 6.28. The van der Waals surface area contributed by atoms with Crippen molar-refractivity contribution in [2.45, 2.75) is 37.9 Å². The maximum atomic E-state index is 8.92. The summed E-state index contributed by atoms with van der Waals surface area (Å²) >= 11 is 0. The smallest absolute Gasteiger partial charge is 0.0542 e. The molecule has 0 spiro atoms. The lowest BCUT2D eigenvalue weighted by Gasteiger charge is -2.20. The molecule has 3 heteroatoms. The normalized spacial score (nSPS) is 30.5. The lowest BCUT2D eigenvalue weighted by Crippen LogP contribution is -2.21. The molecule has 0 aromatic rings. The molecule has 0 atom stereocenters. The SMILES string of the molecule is COC.OC1CCC(O)CC1. The fraction of sp³-hybridized carbons (Fsp3) is 1.00. The van der Waals surface area contributed by atoms with Gasteiger partial charge in [-0.2, -0.15) is 0 Å². The highest BCUT2D eigenvalue weighted by Crippen LogP contribution is 2.17. The lowest BCUT2D eigenvalue weighted by molar-refractivity contribution is 0.0541. The molecule has 0 unspecified atom stereocenters. The molecule has 0 saturated heterocycles. The Balaban J connectivity index is 0.000000292. The summed E-state index contributed by atoms with van der Waals surface area (Å²) in [7, 11) is 3.25. The Morgan fingerprint density at radius 1 is 0.909 bits per heavy atom. The highest BCUT2D eigenvalue weighted by molar-refractivity contribution is 4.69. The minimum atomic E-state index is -0.140. The van der Waals surface area contributed by atoms with Crippen molar-refractivity contribution in [3.8, 4) is 0 Å². The molecule has 0 radical (unpaired) electrons. The molecule has 68 valence electrons. The lowest BCUT2D eigenvalue weighted by atomic mass is 9.95. The first-order valence-corrected chi connectivity index (χ1v) is 3.97. The molecule has 1 aliphatic rings. The first-order valence-electron chi connectivity index (χ1n) is 3.97. The second-order valence-corrected chi connectivity index (χ2v) is 2.87. The predicted molar refractivity (Wildman–Crippen MR) is 43.4 cm³/mol. The zero-order valence-electron chi connectivity index (χ0n) is 7.29. The van der Waals surface area contributed by atoms with Gasteiger partial charge >= 0.3 is 0 Å². The van der Waals surface area contributed by atoms with E-state index in [1.54, 1.807) is 14.2 Å². The summed E-state index contributed by atoms with van der Waals surface area (Å²) in [6, 6.07) is 0. The van der Waals surface area contributed by atoms with E-state index in [4.69, 9.17) is 10.2 Å². The van der Waals surface area contributed by atoms with Gasteiger partial charge in [-0.3, -0.25) is 0 Å². The molecule has 0 aliphatic heterocycles. The van der Waals surface area contributed by atoms with E-state index < -0.39 is 0 Å². The van der Waals surface area contributed by atoms with Crippen LogP contribution in [0, 0.1) is 0 Å². The molecule has 0 aromatic heterocycles. The first kappa shape index (κ1) is 10.9. The van der Waals surface area contributed by atoms with Crippen molar-refractivity contribution in [2.75, 3.05) is 14.2 Å². The predicted octanol–water partition coefficient (Wildman–Crippen LogP) is 0.545. The number of hydrogen-bond donors (Lipinski definition) is 2. The van der Waals surface area contributed by atoms with Gasteiger partial charge in [-0.1, -0.05) is 0 Å². The monoisotopic (exact) mass is 162 g/mol. The number of rotatable bonds is 0. The molecule has 2 N–H and O–H groups in total.